The van der Waals surface area contributed by atoms with E-state index in [1.165, 1.54) is 17.3 Å². The number of thioether (sulfide) groups is 1. The van der Waals surface area contributed by atoms with Gasteiger partial charge in [-0.05, 0) is 54.3 Å². The number of ether oxygens (including phenoxy) is 1. The van der Waals surface area contributed by atoms with Gasteiger partial charge in [0.1, 0.15) is 5.75 Å². The summed E-state index contributed by atoms with van der Waals surface area (Å²) in [6, 6.07) is 13.6. The standard InChI is InChI=1S/C21H22BrN3O3S/c1-13(2)15-4-7-17(8-5-15)27-11-20-24-25-21(28-20)29-12-19(26)23-16-6-9-18(22)14(3)10-16/h4-10,13H,11-12H2,1-3H3,(H,23,26). The van der Waals surface area contributed by atoms with Crippen LogP contribution >= 0.6 is 27.7 Å². The molecule has 0 radical (unpaired) electrons. The zero-order valence-corrected chi connectivity index (χ0v) is 18.8. The van der Waals surface area contributed by atoms with Gasteiger partial charge >= 0.3 is 0 Å². The molecule has 1 N–H and O–H groups in total. The number of nitrogens with zero attached hydrogens (tertiary/aromatic N) is 2. The highest BCUT2D eigenvalue weighted by Gasteiger charge is 2.11. The Hall–Kier alpha value is -2.32. The largest absolute Gasteiger partial charge is 0.484 e. The molecule has 29 heavy (non-hydrogen) atoms. The Bertz CT molecular complexity index is 974. The monoisotopic (exact) mass is 475 g/mol. The fraction of sp³-hybridized carbons (Fsp3) is 0.286. The summed E-state index contributed by atoms with van der Waals surface area (Å²) in [4.78, 5) is 12.1. The molecule has 1 aromatic heterocycles. The van der Waals surface area contributed by atoms with Crippen LogP contribution < -0.4 is 10.1 Å². The molecule has 2 aromatic carbocycles. The van der Waals surface area contributed by atoms with Crippen LogP contribution in [0, 0.1) is 6.92 Å². The van der Waals surface area contributed by atoms with Crippen LogP contribution in [0.3, 0.4) is 0 Å². The Morgan fingerprint density at radius 2 is 1.97 bits per heavy atom. The number of anilines is 1. The van der Waals surface area contributed by atoms with Gasteiger partial charge in [0.25, 0.3) is 11.1 Å². The number of halogens is 1. The van der Waals surface area contributed by atoms with E-state index in [1.54, 1.807) is 0 Å². The molecule has 1 heterocycles. The van der Waals surface area contributed by atoms with E-state index in [9.17, 15) is 4.79 Å². The third-order valence-electron chi connectivity index (χ3n) is 4.13. The van der Waals surface area contributed by atoms with Crippen molar-refractivity contribution >= 4 is 39.3 Å². The minimum absolute atomic E-state index is 0.141. The lowest BCUT2D eigenvalue weighted by atomic mass is 10.0. The second-order valence-electron chi connectivity index (χ2n) is 6.77. The lowest BCUT2D eigenvalue weighted by molar-refractivity contribution is -0.113. The van der Waals surface area contributed by atoms with E-state index in [1.807, 2.05) is 49.4 Å². The summed E-state index contributed by atoms with van der Waals surface area (Å²) in [5, 5.41) is 11.1. The third kappa shape index (κ3) is 6.33. The van der Waals surface area contributed by atoms with Gasteiger partial charge in [-0.1, -0.05) is 53.7 Å². The second kappa shape index (κ2) is 9.93. The Labute approximate surface area is 182 Å². The van der Waals surface area contributed by atoms with Crippen LogP contribution in [0.2, 0.25) is 0 Å². The molecule has 0 unspecified atom stereocenters. The molecule has 1 amide bonds. The van der Waals surface area contributed by atoms with Crippen LogP contribution in [0.5, 0.6) is 5.75 Å². The molecule has 0 aliphatic carbocycles. The molecule has 8 heteroatoms. The molecule has 0 atom stereocenters. The van der Waals surface area contributed by atoms with Crippen LogP contribution in [0.4, 0.5) is 5.69 Å². The Morgan fingerprint density at radius 3 is 2.66 bits per heavy atom. The fourth-order valence-electron chi connectivity index (χ4n) is 2.50. The highest BCUT2D eigenvalue weighted by molar-refractivity contribution is 9.10. The van der Waals surface area contributed by atoms with Crippen molar-refractivity contribution in [1.82, 2.24) is 10.2 Å². The number of hydrogen-bond donors (Lipinski definition) is 1. The molecular formula is C21H22BrN3O3S. The Kier molecular flexibility index (Phi) is 7.33. The number of aromatic nitrogens is 2. The van der Waals surface area contributed by atoms with Gasteiger partial charge < -0.3 is 14.5 Å². The maximum atomic E-state index is 12.1. The quantitative estimate of drug-likeness (QED) is 0.428. The van der Waals surface area contributed by atoms with Crippen molar-refractivity contribution in [1.29, 1.82) is 0 Å². The summed E-state index contributed by atoms with van der Waals surface area (Å²) in [5.41, 5.74) is 3.06. The molecule has 0 spiro atoms. The molecule has 0 bridgehead atoms. The third-order valence-corrected chi connectivity index (χ3v) is 5.83. The fourth-order valence-corrected chi connectivity index (χ4v) is 3.32. The average molecular weight is 476 g/mol. The SMILES string of the molecule is Cc1cc(NC(=O)CSc2nnc(COc3ccc(C(C)C)cc3)o2)ccc1Br. The maximum Gasteiger partial charge on any atom is 0.277 e. The lowest BCUT2D eigenvalue weighted by Crippen LogP contribution is -2.14. The molecule has 0 fully saturated rings. The van der Waals surface area contributed by atoms with Crippen molar-refractivity contribution in [3.05, 3.63) is 64.0 Å². The van der Waals surface area contributed by atoms with Gasteiger partial charge in [0.05, 0.1) is 5.75 Å². The van der Waals surface area contributed by atoms with Crippen molar-refractivity contribution in [3.63, 3.8) is 0 Å². The van der Waals surface area contributed by atoms with Crippen molar-refractivity contribution in [2.45, 2.75) is 38.5 Å². The summed E-state index contributed by atoms with van der Waals surface area (Å²) in [7, 11) is 0. The Morgan fingerprint density at radius 1 is 1.21 bits per heavy atom. The minimum atomic E-state index is -0.141. The van der Waals surface area contributed by atoms with Crippen LogP contribution in [0.15, 0.2) is 56.6 Å². The zero-order chi connectivity index (χ0) is 20.8. The predicted octanol–water partition coefficient (Wildman–Crippen LogP) is 5.57. The normalized spacial score (nSPS) is 10.9. The molecule has 152 valence electrons. The van der Waals surface area contributed by atoms with Crippen molar-refractivity contribution in [2.75, 3.05) is 11.1 Å². The van der Waals surface area contributed by atoms with Gasteiger partial charge in [-0.25, -0.2) is 0 Å². The second-order valence-corrected chi connectivity index (χ2v) is 8.56. The van der Waals surface area contributed by atoms with Gasteiger partial charge in [0, 0.05) is 10.2 Å². The molecule has 0 saturated heterocycles. The molecule has 3 aromatic rings. The molecule has 6 nitrogen and oxygen atoms in total. The molecule has 0 saturated carbocycles. The molecule has 3 rings (SSSR count). The molecule has 0 aliphatic heterocycles. The van der Waals surface area contributed by atoms with E-state index in [2.05, 4.69) is 45.3 Å². The van der Waals surface area contributed by atoms with Crippen LogP contribution in [-0.4, -0.2) is 21.9 Å². The average Bonchev–Trinajstić information content (AvgIpc) is 3.16. The number of nitrogens with one attached hydrogen (secondary N) is 1. The van der Waals surface area contributed by atoms with Gasteiger partial charge in [0.2, 0.25) is 5.91 Å². The van der Waals surface area contributed by atoms with Crippen molar-refractivity contribution in [3.8, 4) is 5.75 Å². The van der Waals surface area contributed by atoms with Crippen LogP contribution in [0.1, 0.15) is 36.8 Å². The van der Waals surface area contributed by atoms with E-state index >= 15 is 0 Å². The highest BCUT2D eigenvalue weighted by atomic mass is 79.9. The first kappa shape index (κ1) is 21.4. The van der Waals surface area contributed by atoms with Gasteiger partial charge in [-0.2, -0.15) is 0 Å². The highest BCUT2D eigenvalue weighted by Crippen LogP contribution is 2.22. The summed E-state index contributed by atoms with van der Waals surface area (Å²) in [6.45, 7) is 6.44. The number of carbonyl (C=O) groups excluding carboxylic acids is 1. The van der Waals surface area contributed by atoms with Crippen molar-refractivity contribution in [2.24, 2.45) is 0 Å². The summed E-state index contributed by atoms with van der Waals surface area (Å²) in [6.07, 6.45) is 0. The smallest absolute Gasteiger partial charge is 0.277 e. The van der Waals surface area contributed by atoms with E-state index in [-0.39, 0.29) is 18.3 Å². The summed E-state index contributed by atoms with van der Waals surface area (Å²) >= 11 is 4.63. The zero-order valence-electron chi connectivity index (χ0n) is 16.4. The van der Waals surface area contributed by atoms with Crippen LogP contribution in [0.25, 0.3) is 0 Å². The molecule has 0 aliphatic rings. The summed E-state index contributed by atoms with van der Waals surface area (Å²) < 4.78 is 12.2. The number of amides is 1. The number of aryl methyl sites for hydroxylation is 1. The number of benzene rings is 2. The van der Waals surface area contributed by atoms with E-state index < -0.39 is 0 Å². The first-order valence-electron chi connectivity index (χ1n) is 9.14. The van der Waals surface area contributed by atoms with Crippen molar-refractivity contribution < 1.29 is 13.9 Å². The topological polar surface area (TPSA) is 77.2 Å². The Balaban J connectivity index is 1.46. The van der Waals surface area contributed by atoms with E-state index in [0.717, 1.165) is 21.5 Å². The number of rotatable bonds is 8. The van der Waals surface area contributed by atoms with Gasteiger partial charge in [0.15, 0.2) is 6.61 Å². The number of hydrogen-bond acceptors (Lipinski definition) is 6. The lowest BCUT2D eigenvalue weighted by Gasteiger charge is -2.07. The van der Waals surface area contributed by atoms with E-state index in [0.29, 0.717) is 17.0 Å². The first-order valence-corrected chi connectivity index (χ1v) is 10.9. The predicted molar refractivity (Wildman–Crippen MR) is 117 cm³/mol. The molecular weight excluding hydrogens is 454 g/mol. The summed E-state index contributed by atoms with van der Waals surface area (Å²) in [5.74, 6) is 1.62. The van der Waals surface area contributed by atoms with E-state index in [4.69, 9.17) is 9.15 Å². The van der Waals surface area contributed by atoms with Gasteiger partial charge in [-0.15, -0.1) is 10.2 Å². The van der Waals surface area contributed by atoms with Gasteiger partial charge in [-0.3, -0.25) is 4.79 Å². The number of carbonyl (C=O) groups is 1. The first-order chi connectivity index (χ1) is 13.9. The van der Waals surface area contributed by atoms with Crippen LogP contribution in [-0.2, 0) is 11.4 Å². The minimum Gasteiger partial charge on any atom is -0.484 e. The maximum absolute atomic E-state index is 12.1.